The zero-order chi connectivity index (χ0) is 18.2. The van der Waals surface area contributed by atoms with Crippen LogP contribution in [0.25, 0.3) is 0 Å². The van der Waals surface area contributed by atoms with Gasteiger partial charge >= 0.3 is 35.7 Å². The number of likely N-dealkylation sites (tertiary alicyclic amines) is 1. The number of benzene rings is 1. The van der Waals surface area contributed by atoms with E-state index in [1.54, 1.807) is 23.1 Å². The number of rotatable bonds is 1. The number of amides is 1. The van der Waals surface area contributed by atoms with Gasteiger partial charge < -0.3 is 24.3 Å². The fourth-order valence-electron chi connectivity index (χ4n) is 3.56. The molecule has 0 N–H and O–H groups in total. The van der Waals surface area contributed by atoms with E-state index in [1.165, 1.54) is 0 Å². The number of ether oxygens (including phenoxy) is 2. The van der Waals surface area contributed by atoms with Crippen molar-refractivity contribution in [3.8, 4) is 5.75 Å². The van der Waals surface area contributed by atoms with Gasteiger partial charge in [0.1, 0.15) is 17.0 Å². The third kappa shape index (κ3) is 4.53. The maximum absolute atomic E-state index is 12.2. The van der Waals surface area contributed by atoms with Gasteiger partial charge in [0.05, 0.1) is 0 Å². The van der Waals surface area contributed by atoms with E-state index in [4.69, 9.17) is 9.47 Å². The zero-order valence-electron chi connectivity index (χ0n) is 15.9. The first-order valence-electron chi connectivity index (χ1n) is 8.66. The van der Waals surface area contributed by atoms with Crippen LogP contribution in [-0.2, 0) is 9.53 Å². The minimum Gasteiger partial charge on any atom is -0.549 e. The number of nitrogens with zero attached hydrogens (tertiary/aromatic N) is 1. The number of carbonyl (C=O) groups excluding carboxylic acids is 2. The molecule has 0 saturated carbocycles. The van der Waals surface area contributed by atoms with E-state index < -0.39 is 23.1 Å². The number of aliphatic carboxylic acids is 1. The Balaban J connectivity index is 0.00000243. The van der Waals surface area contributed by atoms with Crippen molar-refractivity contribution in [1.29, 1.82) is 0 Å². The van der Waals surface area contributed by atoms with E-state index in [1.807, 2.05) is 26.8 Å². The molecule has 136 valence electrons. The Morgan fingerprint density at radius 3 is 2.42 bits per heavy atom. The molecule has 6 nitrogen and oxygen atoms in total. The molecule has 7 heteroatoms. The van der Waals surface area contributed by atoms with Gasteiger partial charge in [0, 0.05) is 43.4 Å². The maximum atomic E-state index is 12.2. The molecule has 3 rings (SSSR count). The number of piperidine rings is 1. The fraction of sp³-hybridized carbons (Fsp3) is 0.579. The summed E-state index contributed by atoms with van der Waals surface area (Å²) in [4.78, 5) is 25.5. The molecule has 1 fully saturated rings. The Kier molecular flexibility index (Phi) is 6.31. The third-order valence-corrected chi connectivity index (χ3v) is 4.81. The Morgan fingerprint density at radius 1 is 1.23 bits per heavy atom. The van der Waals surface area contributed by atoms with Crippen molar-refractivity contribution < 1.29 is 53.7 Å². The number of para-hydroxylation sites is 1. The van der Waals surface area contributed by atoms with Crippen molar-refractivity contribution >= 4 is 12.1 Å². The number of carboxylic acids is 1. The van der Waals surface area contributed by atoms with Crippen LogP contribution >= 0.6 is 0 Å². The Bertz CT molecular complexity index is 677. The second-order valence-corrected chi connectivity index (χ2v) is 7.87. The first kappa shape index (κ1) is 21.1. The average Bonchev–Trinajstić information content (AvgIpc) is 2.53. The molecule has 0 radical (unpaired) electrons. The standard InChI is InChI=1S/C19H25NO5.Na/c1-18(2,3)25-17(23)20-10-8-19(9-11-20)12-14(16(21)22)13-6-4-5-7-15(13)24-19;/h4-7,14H,8-12H2,1-3H3,(H,21,22);/q;+1/p-1. The molecule has 26 heavy (non-hydrogen) atoms. The quantitative estimate of drug-likeness (QED) is 0.598. The average molecular weight is 369 g/mol. The van der Waals surface area contributed by atoms with Crippen molar-refractivity contribution in [1.82, 2.24) is 4.90 Å². The summed E-state index contributed by atoms with van der Waals surface area (Å²) in [6, 6.07) is 7.21. The van der Waals surface area contributed by atoms with Gasteiger partial charge in [0.2, 0.25) is 0 Å². The van der Waals surface area contributed by atoms with Gasteiger partial charge in [-0.1, -0.05) is 18.2 Å². The Labute approximate surface area is 176 Å². The van der Waals surface area contributed by atoms with E-state index in [2.05, 4.69) is 0 Å². The molecule has 1 unspecified atom stereocenters. The van der Waals surface area contributed by atoms with Crippen LogP contribution in [0.1, 0.15) is 51.5 Å². The van der Waals surface area contributed by atoms with Gasteiger partial charge in [0.15, 0.2) is 0 Å². The van der Waals surface area contributed by atoms with E-state index in [0.717, 1.165) is 0 Å². The summed E-state index contributed by atoms with van der Waals surface area (Å²) in [5.74, 6) is -1.16. The molecule has 0 bridgehead atoms. The third-order valence-electron chi connectivity index (χ3n) is 4.81. The first-order valence-corrected chi connectivity index (χ1v) is 8.66. The van der Waals surface area contributed by atoms with Crippen LogP contribution in [0.2, 0.25) is 0 Å². The molecule has 0 aromatic heterocycles. The largest absolute Gasteiger partial charge is 1.00 e. The van der Waals surface area contributed by atoms with Crippen molar-refractivity contribution in [2.45, 2.75) is 57.2 Å². The molecule has 2 aliphatic heterocycles. The van der Waals surface area contributed by atoms with Gasteiger partial charge in [-0.15, -0.1) is 0 Å². The van der Waals surface area contributed by atoms with Crippen LogP contribution in [0.3, 0.4) is 0 Å². The van der Waals surface area contributed by atoms with Crippen LogP contribution in [0.15, 0.2) is 24.3 Å². The van der Waals surface area contributed by atoms with Crippen LogP contribution in [0.4, 0.5) is 4.79 Å². The summed E-state index contributed by atoms with van der Waals surface area (Å²) >= 11 is 0. The molecule has 1 spiro atoms. The number of hydrogen-bond acceptors (Lipinski definition) is 5. The molecule has 1 aromatic rings. The van der Waals surface area contributed by atoms with Gasteiger partial charge in [-0.25, -0.2) is 4.79 Å². The monoisotopic (exact) mass is 369 g/mol. The summed E-state index contributed by atoms with van der Waals surface area (Å²) < 4.78 is 11.6. The molecule has 2 heterocycles. The van der Waals surface area contributed by atoms with Crippen LogP contribution in [-0.4, -0.2) is 41.3 Å². The smallest absolute Gasteiger partial charge is 0.549 e. The normalized spacial score (nSPS) is 21.2. The minimum absolute atomic E-state index is 0. The van der Waals surface area contributed by atoms with Crippen LogP contribution in [0.5, 0.6) is 5.75 Å². The van der Waals surface area contributed by atoms with E-state index in [-0.39, 0.29) is 35.7 Å². The summed E-state index contributed by atoms with van der Waals surface area (Å²) in [7, 11) is 0. The summed E-state index contributed by atoms with van der Waals surface area (Å²) in [6.07, 6.45) is 1.18. The molecule has 1 amide bonds. The maximum Gasteiger partial charge on any atom is 1.00 e. The molecule has 0 aliphatic carbocycles. The summed E-state index contributed by atoms with van der Waals surface area (Å²) in [5, 5.41) is 11.6. The molecular formula is C19H24NNaO5. The second kappa shape index (κ2) is 7.79. The Hall–Kier alpha value is -1.24. The van der Waals surface area contributed by atoms with Crippen LogP contribution < -0.4 is 39.4 Å². The number of carbonyl (C=O) groups is 2. The molecule has 1 saturated heterocycles. The van der Waals surface area contributed by atoms with Crippen molar-refractivity contribution in [2.24, 2.45) is 0 Å². The van der Waals surface area contributed by atoms with E-state index >= 15 is 0 Å². The predicted molar refractivity (Wildman–Crippen MR) is 89.2 cm³/mol. The SMILES string of the molecule is CC(C)(C)OC(=O)N1CCC2(CC1)CC(C(=O)[O-])c1ccccc1O2.[Na+]. The predicted octanol–water partition coefficient (Wildman–Crippen LogP) is -0.924. The van der Waals surface area contributed by atoms with Gasteiger partial charge in [-0.05, 0) is 33.3 Å². The van der Waals surface area contributed by atoms with E-state index in [9.17, 15) is 14.7 Å². The molecule has 1 aromatic carbocycles. The fourth-order valence-corrected chi connectivity index (χ4v) is 3.56. The summed E-state index contributed by atoms with van der Waals surface area (Å²) in [6.45, 7) is 6.47. The Morgan fingerprint density at radius 2 is 1.85 bits per heavy atom. The number of fused-ring (bicyclic) bond motifs is 1. The zero-order valence-corrected chi connectivity index (χ0v) is 17.9. The first-order chi connectivity index (χ1) is 11.7. The molecule has 1 atom stereocenters. The second-order valence-electron chi connectivity index (χ2n) is 7.87. The van der Waals surface area contributed by atoms with Gasteiger partial charge in [0.25, 0.3) is 0 Å². The van der Waals surface area contributed by atoms with Gasteiger partial charge in [-0.3, -0.25) is 0 Å². The van der Waals surface area contributed by atoms with Crippen molar-refractivity contribution in [3.05, 3.63) is 29.8 Å². The van der Waals surface area contributed by atoms with Gasteiger partial charge in [-0.2, -0.15) is 0 Å². The minimum atomic E-state index is -1.08. The van der Waals surface area contributed by atoms with Crippen molar-refractivity contribution in [3.63, 3.8) is 0 Å². The topological polar surface area (TPSA) is 78.9 Å². The number of carboxylic acid groups (broad SMARTS) is 1. The van der Waals surface area contributed by atoms with Crippen LogP contribution in [0, 0.1) is 0 Å². The van der Waals surface area contributed by atoms with E-state index in [0.29, 0.717) is 43.7 Å². The summed E-state index contributed by atoms with van der Waals surface area (Å²) in [5.41, 5.74) is -0.438. The number of hydrogen-bond donors (Lipinski definition) is 0. The van der Waals surface area contributed by atoms with Crippen molar-refractivity contribution in [2.75, 3.05) is 13.1 Å². The molecular weight excluding hydrogens is 345 g/mol. The molecule has 2 aliphatic rings.